The monoisotopic (exact) mass is 583 g/mol. The molecule has 0 radical (unpaired) electrons. The Morgan fingerprint density at radius 2 is 1.81 bits per heavy atom. The van der Waals surface area contributed by atoms with Crippen LogP contribution in [0.5, 0.6) is 0 Å². The van der Waals surface area contributed by atoms with Crippen molar-refractivity contribution in [3.63, 3.8) is 0 Å². The Morgan fingerprint density at radius 1 is 1.05 bits per heavy atom. The maximum atomic E-state index is 13.0. The largest absolute Gasteiger partial charge is 0.444 e. The van der Waals surface area contributed by atoms with E-state index in [1.165, 1.54) is 29.7 Å². The van der Waals surface area contributed by atoms with E-state index in [1.54, 1.807) is 11.9 Å². The molecule has 0 aromatic rings. The molecule has 1 heterocycles. The van der Waals surface area contributed by atoms with Crippen LogP contribution < -0.4 is 0 Å². The molecule has 0 spiro atoms. The molecule has 1 unspecified atom stereocenters. The lowest BCUT2D eigenvalue weighted by molar-refractivity contribution is -0.117. The highest BCUT2D eigenvalue weighted by Gasteiger charge is 2.59. The van der Waals surface area contributed by atoms with Crippen LogP contribution in [0.15, 0.2) is 16.8 Å². The van der Waals surface area contributed by atoms with Crippen LogP contribution in [0.25, 0.3) is 0 Å². The van der Waals surface area contributed by atoms with Gasteiger partial charge in [-0.15, -0.1) is 0 Å². The number of amides is 2. The van der Waals surface area contributed by atoms with Gasteiger partial charge in [-0.2, -0.15) is 0 Å². The van der Waals surface area contributed by atoms with E-state index in [-0.39, 0.29) is 23.0 Å². The van der Waals surface area contributed by atoms with Gasteiger partial charge < -0.3 is 14.5 Å². The molecule has 234 valence electrons. The fraction of sp³-hybridized carbons (Fsp3) is 0.824. The summed E-state index contributed by atoms with van der Waals surface area (Å²) >= 11 is 0. The highest BCUT2D eigenvalue weighted by Crippen LogP contribution is 2.66. The summed E-state index contributed by atoms with van der Waals surface area (Å²) in [6.45, 7) is 13.5. The topological polar surface area (TPSA) is 88.5 Å². The van der Waals surface area contributed by atoms with E-state index in [4.69, 9.17) is 9.57 Å². The van der Waals surface area contributed by atoms with Gasteiger partial charge in [0.1, 0.15) is 5.60 Å². The van der Waals surface area contributed by atoms with Crippen molar-refractivity contribution in [3.05, 3.63) is 11.6 Å². The number of hydrogen-bond donors (Lipinski definition) is 0. The lowest BCUT2D eigenvalue weighted by Crippen LogP contribution is -2.51. The SMILES string of the molecule is C/C(=N\OC(=O)N(C)C[C@@H]1CCCCN1C(=O)OC(C)(C)C)[C@H]1CCC2[C@@H]3CCC4=CC(=O)CC[C@]4(C)[C@H]3CC[C@@]21C. The van der Waals surface area contributed by atoms with Crippen LogP contribution in [-0.2, 0) is 14.4 Å². The second-order valence-electron chi connectivity index (χ2n) is 15.4. The zero-order chi connectivity index (χ0) is 30.4. The van der Waals surface area contributed by atoms with E-state index in [1.807, 2.05) is 33.8 Å². The third kappa shape index (κ3) is 5.88. The van der Waals surface area contributed by atoms with Crippen molar-refractivity contribution in [1.29, 1.82) is 0 Å². The van der Waals surface area contributed by atoms with Crippen LogP contribution in [-0.4, -0.2) is 65.3 Å². The van der Waals surface area contributed by atoms with Gasteiger partial charge in [-0.25, -0.2) is 9.59 Å². The van der Waals surface area contributed by atoms with E-state index in [0.717, 1.165) is 50.7 Å². The molecular formula is C34H53N3O5. The van der Waals surface area contributed by atoms with Crippen LogP contribution in [0, 0.1) is 34.5 Å². The first-order valence-electron chi connectivity index (χ1n) is 16.4. The molecule has 1 saturated heterocycles. The van der Waals surface area contributed by atoms with Crippen LogP contribution in [0.2, 0.25) is 0 Å². The molecular weight excluding hydrogens is 530 g/mol. The highest BCUT2D eigenvalue weighted by atomic mass is 16.7. The van der Waals surface area contributed by atoms with Crippen molar-refractivity contribution >= 4 is 23.7 Å². The minimum absolute atomic E-state index is 0.101. The number of allylic oxidation sites excluding steroid dienone is 1. The lowest BCUT2D eigenvalue weighted by atomic mass is 9.46. The number of ether oxygens (including phenoxy) is 1. The summed E-state index contributed by atoms with van der Waals surface area (Å²) in [7, 11) is 1.72. The molecule has 8 nitrogen and oxygen atoms in total. The van der Waals surface area contributed by atoms with Crippen molar-refractivity contribution < 1.29 is 24.0 Å². The number of carbonyl (C=O) groups is 3. The second kappa shape index (κ2) is 11.6. The van der Waals surface area contributed by atoms with E-state index >= 15 is 0 Å². The number of ketones is 1. The third-order valence-electron chi connectivity index (χ3n) is 11.8. The van der Waals surface area contributed by atoms with Gasteiger partial charge in [0, 0.05) is 32.5 Å². The lowest BCUT2D eigenvalue weighted by Gasteiger charge is -2.58. The summed E-state index contributed by atoms with van der Waals surface area (Å²) < 4.78 is 5.62. The Bertz CT molecular complexity index is 1140. The van der Waals surface area contributed by atoms with Crippen LogP contribution >= 0.6 is 0 Å². The van der Waals surface area contributed by atoms with Crippen molar-refractivity contribution in [2.24, 2.45) is 39.7 Å². The maximum Gasteiger partial charge on any atom is 0.435 e. The van der Waals surface area contributed by atoms with E-state index < -0.39 is 11.7 Å². The fourth-order valence-corrected chi connectivity index (χ4v) is 9.63. The molecule has 5 rings (SSSR count). The summed E-state index contributed by atoms with van der Waals surface area (Å²) in [5, 5.41) is 4.42. The number of fused-ring (bicyclic) bond motifs is 5. The smallest absolute Gasteiger partial charge is 0.435 e. The Balaban J connectivity index is 1.20. The van der Waals surface area contributed by atoms with Gasteiger partial charge in [-0.1, -0.05) is 24.6 Å². The first-order valence-corrected chi connectivity index (χ1v) is 16.4. The summed E-state index contributed by atoms with van der Waals surface area (Å²) in [6.07, 6.45) is 12.5. The Kier molecular flexibility index (Phi) is 8.58. The van der Waals surface area contributed by atoms with Gasteiger partial charge in [0.05, 0.1) is 11.8 Å². The number of nitrogens with zero attached hydrogens (tertiary/aromatic N) is 3. The molecule has 0 aromatic heterocycles. The van der Waals surface area contributed by atoms with E-state index in [0.29, 0.717) is 49.0 Å². The number of piperidine rings is 1. The molecule has 7 atom stereocenters. The highest BCUT2D eigenvalue weighted by molar-refractivity contribution is 5.91. The number of rotatable bonds is 4. The first-order chi connectivity index (χ1) is 19.7. The van der Waals surface area contributed by atoms with Crippen LogP contribution in [0.1, 0.15) is 112 Å². The van der Waals surface area contributed by atoms with Crippen molar-refractivity contribution in [3.8, 4) is 0 Å². The Labute approximate surface area is 252 Å². The Morgan fingerprint density at radius 3 is 2.55 bits per heavy atom. The quantitative estimate of drug-likeness (QED) is 0.196. The van der Waals surface area contributed by atoms with Gasteiger partial charge in [-0.05, 0) is 127 Å². The van der Waals surface area contributed by atoms with Crippen molar-refractivity contribution in [2.75, 3.05) is 20.1 Å². The predicted molar refractivity (Wildman–Crippen MR) is 163 cm³/mol. The number of carbonyl (C=O) groups excluding carboxylic acids is 3. The molecule has 4 aliphatic carbocycles. The maximum absolute atomic E-state index is 13.0. The summed E-state index contributed by atoms with van der Waals surface area (Å²) in [4.78, 5) is 46.8. The molecule has 1 aliphatic heterocycles. The van der Waals surface area contributed by atoms with Gasteiger partial charge >= 0.3 is 12.2 Å². The predicted octanol–water partition coefficient (Wildman–Crippen LogP) is 7.37. The van der Waals surface area contributed by atoms with Crippen molar-refractivity contribution in [1.82, 2.24) is 9.80 Å². The zero-order valence-electron chi connectivity index (χ0n) is 27.0. The average molecular weight is 584 g/mol. The summed E-state index contributed by atoms with van der Waals surface area (Å²) in [6, 6.07) is -0.101. The fourth-order valence-electron chi connectivity index (χ4n) is 9.63. The molecule has 0 aromatic carbocycles. The van der Waals surface area contributed by atoms with Gasteiger partial charge in [0.25, 0.3) is 0 Å². The van der Waals surface area contributed by atoms with Crippen LogP contribution in [0.3, 0.4) is 0 Å². The van der Waals surface area contributed by atoms with Gasteiger partial charge in [0.2, 0.25) is 0 Å². The molecule has 0 bridgehead atoms. The van der Waals surface area contributed by atoms with Crippen molar-refractivity contribution in [2.45, 2.75) is 124 Å². The average Bonchev–Trinajstić information content (AvgIpc) is 3.28. The van der Waals surface area contributed by atoms with E-state index in [2.05, 4.69) is 19.0 Å². The number of hydrogen-bond acceptors (Lipinski definition) is 6. The molecule has 42 heavy (non-hydrogen) atoms. The summed E-state index contributed by atoms with van der Waals surface area (Å²) in [5.74, 6) is 2.61. The van der Waals surface area contributed by atoms with Crippen LogP contribution in [0.4, 0.5) is 9.59 Å². The molecule has 3 saturated carbocycles. The first kappa shape index (κ1) is 31.1. The molecule has 0 N–H and O–H groups in total. The Hall–Kier alpha value is -2.38. The molecule has 2 amide bonds. The minimum atomic E-state index is -0.559. The standard InChI is InChI=1S/C34H53N3O5/c1-22(35-42-30(39)36(7)21-24-10-8-9-19-37(24)31(40)41-32(2,3)4)27-13-14-28-26-12-11-23-20-25(38)15-17-33(23,5)29(26)16-18-34(27,28)6/h20,24,26-29H,8-19,21H2,1-7H3/b35-22+/t24-,26-,27+,28?,29-,33-,34+/m0/s1. The van der Waals surface area contributed by atoms with Gasteiger partial charge in [-0.3, -0.25) is 9.63 Å². The van der Waals surface area contributed by atoms with Gasteiger partial charge in [0.15, 0.2) is 5.78 Å². The molecule has 5 aliphatic rings. The van der Waals surface area contributed by atoms with E-state index in [9.17, 15) is 14.4 Å². The minimum Gasteiger partial charge on any atom is -0.444 e. The number of oxime groups is 1. The zero-order valence-corrected chi connectivity index (χ0v) is 27.0. The number of likely N-dealkylation sites (N-methyl/N-ethyl adjacent to an activating group) is 1. The second-order valence-corrected chi connectivity index (χ2v) is 15.4. The summed E-state index contributed by atoms with van der Waals surface area (Å²) in [5.41, 5.74) is 2.10. The molecule has 8 heteroatoms. The molecule has 4 fully saturated rings. The third-order valence-corrected chi connectivity index (χ3v) is 11.8. The normalized spacial score (nSPS) is 36.8. The number of likely N-dealkylation sites (tertiary alicyclic amines) is 1.